The summed E-state index contributed by atoms with van der Waals surface area (Å²) in [6.45, 7) is 3.20. The summed E-state index contributed by atoms with van der Waals surface area (Å²) in [5, 5.41) is 0. The Morgan fingerprint density at radius 1 is 0.492 bits per heavy atom. The largest absolute Gasteiger partial charge is 0.756 e. The monoisotopic (exact) mass is 860 g/mol. The molecule has 0 amide bonds. The molecule has 0 bridgehead atoms. The van der Waals surface area contributed by atoms with E-state index in [1.165, 1.54) is 219 Å². The van der Waals surface area contributed by atoms with E-state index in [0.29, 0.717) is 11.0 Å². The highest BCUT2D eigenvalue weighted by atomic mass is 31.2. The molecule has 0 rings (SSSR count). The van der Waals surface area contributed by atoms with Crippen LogP contribution < -0.4 is 4.89 Å². The van der Waals surface area contributed by atoms with Crippen LogP contribution in [0.15, 0.2) is 0 Å². The van der Waals surface area contributed by atoms with Gasteiger partial charge in [-0.2, -0.15) is 0 Å². The van der Waals surface area contributed by atoms with Crippen LogP contribution >= 0.6 is 7.82 Å². The molecule has 0 N–H and O–H groups in total. The minimum Gasteiger partial charge on any atom is -0.756 e. The third-order valence-electron chi connectivity index (χ3n) is 11.4. The van der Waals surface area contributed by atoms with Crippen LogP contribution in [0.5, 0.6) is 0 Å². The zero-order chi connectivity index (χ0) is 43.6. The van der Waals surface area contributed by atoms with Crippen molar-refractivity contribution in [2.24, 2.45) is 0 Å². The van der Waals surface area contributed by atoms with Gasteiger partial charge in [0.05, 0.1) is 27.7 Å². The van der Waals surface area contributed by atoms with Crippen LogP contribution in [-0.2, 0) is 32.7 Å². The van der Waals surface area contributed by atoms with E-state index in [-0.39, 0.29) is 19.6 Å². The van der Waals surface area contributed by atoms with Crippen molar-refractivity contribution in [2.45, 2.75) is 258 Å². The number of esters is 2. The maximum atomic E-state index is 12.2. The van der Waals surface area contributed by atoms with Gasteiger partial charge in [-0.3, -0.25) is 14.2 Å². The number of nitrogens with zero attached hydrogens (tertiary/aromatic N) is 1. The second kappa shape index (κ2) is 42.3. The molecular weight excluding hydrogens is 762 g/mol. The Hall–Kier alpha value is -0.990. The Morgan fingerprint density at radius 2 is 0.797 bits per heavy atom. The fourth-order valence-electron chi connectivity index (χ4n) is 7.60. The predicted octanol–water partition coefficient (Wildman–Crippen LogP) is 14.1. The lowest BCUT2D eigenvalue weighted by molar-refractivity contribution is -0.870. The number of hydrogen-bond acceptors (Lipinski definition) is 8. The van der Waals surface area contributed by atoms with Crippen LogP contribution in [0.4, 0.5) is 0 Å². The Bertz CT molecular complexity index is 974. The van der Waals surface area contributed by atoms with Crippen LogP contribution in [-0.4, -0.2) is 70.0 Å². The van der Waals surface area contributed by atoms with Crippen LogP contribution in [0.1, 0.15) is 251 Å². The fraction of sp³-hybridized carbons (Fsp3) is 0.959. The summed E-state index contributed by atoms with van der Waals surface area (Å²) in [7, 11) is 1.17. The number of unbranched alkanes of at least 4 members (excludes halogenated alkanes) is 35. The average molecular weight is 860 g/mol. The Morgan fingerprint density at radius 3 is 1.08 bits per heavy atom. The summed E-state index contributed by atoms with van der Waals surface area (Å²) in [6, 6.07) is 0. The van der Waals surface area contributed by atoms with Gasteiger partial charge in [0.15, 0.2) is 6.10 Å². The molecule has 0 aromatic heterocycles. The molecule has 0 aromatic carbocycles. The standard InChI is InChI=1S/C49H98NO8P/c1-6-7-8-9-10-11-12-13-14-15-16-17-18-19-20-21-22-23-24-25-26-27-28-29-30-31-32-33-34-35-36-37-38-39-40-41-42-49(52)55-45-48(58-47(2)51)46-57-59(53,54)56-44-43-50(3,4)5/h48H,6-46H2,1-5H3/t48-/m1/s1. The van der Waals surface area contributed by atoms with Gasteiger partial charge < -0.3 is 27.9 Å². The summed E-state index contributed by atoms with van der Waals surface area (Å²) in [5.74, 6) is -1.01. The second-order valence-corrected chi connectivity index (χ2v) is 20.0. The lowest BCUT2D eigenvalue weighted by Gasteiger charge is -2.28. The molecule has 0 radical (unpaired) electrons. The van der Waals surface area contributed by atoms with Crippen molar-refractivity contribution in [3.8, 4) is 0 Å². The zero-order valence-electron chi connectivity index (χ0n) is 39.7. The van der Waals surface area contributed by atoms with Crippen molar-refractivity contribution < 1.29 is 42.1 Å². The lowest BCUT2D eigenvalue weighted by atomic mass is 10.0. The van der Waals surface area contributed by atoms with Crippen molar-refractivity contribution in [1.29, 1.82) is 0 Å². The smallest absolute Gasteiger partial charge is 0.305 e. The van der Waals surface area contributed by atoms with Crippen LogP contribution in [0.25, 0.3) is 0 Å². The molecule has 1 unspecified atom stereocenters. The molecule has 9 nitrogen and oxygen atoms in total. The normalized spacial score (nSPS) is 13.4. The van der Waals surface area contributed by atoms with Crippen LogP contribution in [0, 0.1) is 0 Å². The number of carbonyl (C=O) groups excluding carboxylic acids is 2. The summed E-state index contributed by atoms with van der Waals surface area (Å²) >= 11 is 0. The maximum absolute atomic E-state index is 12.2. The third-order valence-corrected chi connectivity index (χ3v) is 12.4. The Labute approximate surface area is 365 Å². The number of phosphoric acid groups is 1. The molecule has 0 aliphatic carbocycles. The Balaban J connectivity index is 3.43. The van der Waals surface area contributed by atoms with Crippen molar-refractivity contribution in [1.82, 2.24) is 0 Å². The van der Waals surface area contributed by atoms with Crippen molar-refractivity contribution >= 4 is 19.8 Å². The molecule has 0 saturated carbocycles. The van der Waals surface area contributed by atoms with Crippen molar-refractivity contribution in [3.63, 3.8) is 0 Å². The molecule has 0 spiro atoms. The molecule has 0 aliphatic heterocycles. The number of carbonyl (C=O) groups is 2. The molecule has 0 aromatic rings. The van der Waals surface area contributed by atoms with Gasteiger partial charge in [0.2, 0.25) is 0 Å². The van der Waals surface area contributed by atoms with E-state index < -0.39 is 32.5 Å². The molecule has 0 aliphatic rings. The molecule has 0 heterocycles. The quantitative estimate of drug-likeness (QED) is 0.0257. The van der Waals surface area contributed by atoms with Gasteiger partial charge in [-0.05, 0) is 6.42 Å². The fourth-order valence-corrected chi connectivity index (χ4v) is 8.33. The number of likely N-dealkylation sites (N-methyl/N-ethyl adjacent to an activating group) is 1. The number of phosphoric ester groups is 1. The number of hydrogen-bond donors (Lipinski definition) is 0. The number of ether oxygens (including phenoxy) is 2. The number of rotatable bonds is 47. The molecule has 2 atom stereocenters. The summed E-state index contributed by atoms with van der Waals surface area (Å²) in [5.41, 5.74) is 0. The molecule has 10 heteroatoms. The maximum Gasteiger partial charge on any atom is 0.305 e. The summed E-state index contributed by atoms with van der Waals surface area (Å²) in [4.78, 5) is 35.7. The zero-order valence-corrected chi connectivity index (χ0v) is 40.6. The van der Waals surface area contributed by atoms with E-state index in [0.717, 1.165) is 19.3 Å². The van der Waals surface area contributed by atoms with E-state index in [4.69, 9.17) is 18.5 Å². The van der Waals surface area contributed by atoms with Gasteiger partial charge in [0, 0.05) is 13.3 Å². The topological polar surface area (TPSA) is 111 Å². The van der Waals surface area contributed by atoms with Crippen molar-refractivity contribution in [3.05, 3.63) is 0 Å². The highest BCUT2D eigenvalue weighted by Gasteiger charge is 2.20. The van der Waals surface area contributed by atoms with Gasteiger partial charge in [0.25, 0.3) is 7.82 Å². The van der Waals surface area contributed by atoms with Crippen LogP contribution in [0.3, 0.4) is 0 Å². The molecule has 352 valence electrons. The summed E-state index contributed by atoms with van der Waals surface area (Å²) < 4.78 is 32.6. The first-order valence-electron chi connectivity index (χ1n) is 25.2. The second-order valence-electron chi connectivity index (χ2n) is 18.6. The Kier molecular flexibility index (Phi) is 41.6. The minimum atomic E-state index is -4.57. The van der Waals surface area contributed by atoms with Gasteiger partial charge in [-0.1, -0.05) is 232 Å². The van der Waals surface area contributed by atoms with Gasteiger partial charge >= 0.3 is 11.9 Å². The SMILES string of the molecule is CCCCCCCCCCCCCCCCCCCCCCCCCCCCCCCCCCCCCCC(=O)OC[C@H](COP(=O)([O-])OCC[N+](C)(C)C)OC(C)=O. The number of quaternary nitrogens is 1. The van der Waals surface area contributed by atoms with Gasteiger partial charge in [-0.25, -0.2) is 0 Å². The molecule has 0 saturated heterocycles. The first kappa shape index (κ1) is 58.0. The molecular formula is C49H98NO8P. The van der Waals surface area contributed by atoms with E-state index in [2.05, 4.69) is 6.92 Å². The average Bonchev–Trinajstić information content (AvgIpc) is 3.18. The first-order valence-corrected chi connectivity index (χ1v) is 26.6. The van der Waals surface area contributed by atoms with E-state index in [9.17, 15) is 19.0 Å². The van der Waals surface area contributed by atoms with Crippen LogP contribution in [0.2, 0.25) is 0 Å². The van der Waals surface area contributed by atoms with E-state index in [1.54, 1.807) is 0 Å². The minimum absolute atomic E-state index is 0.0305. The van der Waals surface area contributed by atoms with E-state index in [1.807, 2.05) is 21.1 Å². The van der Waals surface area contributed by atoms with Gasteiger partial charge in [0.1, 0.15) is 19.8 Å². The van der Waals surface area contributed by atoms with Crippen molar-refractivity contribution in [2.75, 3.05) is 47.5 Å². The van der Waals surface area contributed by atoms with Gasteiger partial charge in [-0.15, -0.1) is 0 Å². The predicted molar refractivity (Wildman–Crippen MR) is 245 cm³/mol. The molecule has 0 fully saturated rings. The third kappa shape index (κ3) is 47.9. The molecule has 59 heavy (non-hydrogen) atoms. The van der Waals surface area contributed by atoms with E-state index >= 15 is 0 Å². The highest BCUT2D eigenvalue weighted by Crippen LogP contribution is 2.38. The highest BCUT2D eigenvalue weighted by molar-refractivity contribution is 7.45. The summed E-state index contributed by atoms with van der Waals surface area (Å²) in [6.07, 6.45) is 48.8. The first-order chi connectivity index (χ1) is 28.4. The lowest BCUT2D eigenvalue weighted by Crippen LogP contribution is -2.37.